The highest BCUT2D eigenvalue weighted by Crippen LogP contribution is 2.10. The normalized spacial score (nSPS) is 13.8. The van der Waals surface area contributed by atoms with Crippen molar-refractivity contribution in [3.63, 3.8) is 0 Å². The molecule has 0 radical (unpaired) electrons. The first kappa shape index (κ1) is 14.4. The molecule has 1 rings (SSSR count). The van der Waals surface area contributed by atoms with Crippen LogP contribution in [-0.2, 0) is 4.79 Å². The maximum atomic E-state index is 12.6. The Labute approximate surface area is 106 Å². The zero-order valence-corrected chi connectivity index (χ0v) is 10.6. The Morgan fingerprint density at radius 3 is 2.61 bits per heavy atom. The van der Waals surface area contributed by atoms with Gasteiger partial charge in [-0.2, -0.15) is 0 Å². The highest BCUT2D eigenvalue weighted by atomic mass is 19.1. The Balaban J connectivity index is 2.31. The third kappa shape index (κ3) is 5.14. The third-order valence-corrected chi connectivity index (χ3v) is 2.61. The van der Waals surface area contributed by atoms with Gasteiger partial charge in [0, 0.05) is 6.54 Å². The molecule has 1 unspecified atom stereocenters. The van der Waals surface area contributed by atoms with E-state index in [4.69, 9.17) is 4.74 Å². The lowest BCUT2D eigenvalue weighted by molar-refractivity contribution is -0.124. The Bertz CT molecular complexity index is 390. The van der Waals surface area contributed by atoms with Crippen molar-refractivity contribution >= 4 is 5.91 Å². The number of amides is 1. The van der Waals surface area contributed by atoms with Crippen molar-refractivity contribution in [2.45, 2.75) is 25.9 Å². The molecule has 4 nitrogen and oxygen atoms in total. The summed E-state index contributed by atoms with van der Waals surface area (Å²) in [5.74, 6) is -0.257. The zero-order valence-electron chi connectivity index (χ0n) is 10.6. The van der Waals surface area contributed by atoms with Gasteiger partial charge in [0.25, 0.3) is 5.91 Å². The van der Waals surface area contributed by atoms with E-state index in [0.29, 0.717) is 12.2 Å². The highest BCUT2D eigenvalue weighted by molar-refractivity contribution is 5.77. The Morgan fingerprint density at radius 1 is 1.44 bits per heavy atom. The quantitative estimate of drug-likeness (QED) is 0.809. The summed E-state index contributed by atoms with van der Waals surface area (Å²) in [5, 5.41) is 12.3. The second kappa shape index (κ2) is 6.35. The Morgan fingerprint density at radius 2 is 2.06 bits per heavy atom. The van der Waals surface area contributed by atoms with Crippen LogP contribution in [0.25, 0.3) is 0 Å². The zero-order chi connectivity index (χ0) is 13.6. The van der Waals surface area contributed by atoms with Crippen LogP contribution in [0.3, 0.4) is 0 Å². The van der Waals surface area contributed by atoms with Gasteiger partial charge >= 0.3 is 0 Å². The second-order valence-corrected chi connectivity index (χ2v) is 4.37. The van der Waals surface area contributed by atoms with Crippen LogP contribution in [0, 0.1) is 5.82 Å². The van der Waals surface area contributed by atoms with Crippen molar-refractivity contribution in [1.29, 1.82) is 0 Å². The molecule has 0 aliphatic heterocycles. The van der Waals surface area contributed by atoms with Gasteiger partial charge in [-0.15, -0.1) is 0 Å². The molecule has 18 heavy (non-hydrogen) atoms. The smallest absolute Gasteiger partial charge is 0.258 e. The fraction of sp³-hybridized carbons (Fsp3) is 0.462. The van der Waals surface area contributed by atoms with Crippen LogP contribution in [0.15, 0.2) is 24.3 Å². The molecule has 2 N–H and O–H groups in total. The maximum absolute atomic E-state index is 12.6. The predicted molar refractivity (Wildman–Crippen MR) is 65.8 cm³/mol. The molecule has 0 saturated heterocycles. The van der Waals surface area contributed by atoms with Crippen molar-refractivity contribution in [3.05, 3.63) is 30.1 Å². The van der Waals surface area contributed by atoms with Gasteiger partial charge in [-0.05, 0) is 37.6 Å². The molecule has 1 amide bonds. The van der Waals surface area contributed by atoms with Crippen LogP contribution in [-0.4, -0.2) is 29.8 Å². The molecule has 0 fully saturated rings. The summed E-state index contributed by atoms with van der Waals surface area (Å²) in [5.41, 5.74) is -0.911. The van der Waals surface area contributed by atoms with Crippen molar-refractivity contribution in [2.24, 2.45) is 0 Å². The monoisotopic (exact) mass is 255 g/mol. The summed E-state index contributed by atoms with van der Waals surface area (Å²) in [6, 6.07) is 5.42. The third-order valence-electron chi connectivity index (χ3n) is 2.61. The van der Waals surface area contributed by atoms with Crippen LogP contribution in [0.1, 0.15) is 20.3 Å². The van der Waals surface area contributed by atoms with Gasteiger partial charge in [-0.1, -0.05) is 6.92 Å². The van der Waals surface area contributed by atoms with Gasteiger partial charge < -0.3 is 15.2 Å². The summed E-state index contributed by atoms with van der Waals surface area (Å²) >= 11 is 0. The molecule has 0 heterocycles. The lowest BCUT2D eigenvalue weighted by atomic mass is 10.0. The first-order valence-corrected chi connectivity index (χ1v) is 5.80. The summed E-state index contributed by atoms with van der Waals surface area (Å²) < 4.78 is 17.8. The number of carbonyl (C=O) groups excluding carboxylic acids is 1. The number of rotatable bonds is 6. The van der Waals surface area contributed by atoms with Gasteiger partial charge in [-0.3, -0.25) is 4.79 Å². The number of benzene rings is 1. The van der Waals surface area contributed by atoms with E-state index < -0.39 is 5.60 Å². The Kier molecular flexibility index (Phi) is 5.09. The SMILES string of the molecule is CCC(C)(O)CNC(=O)COc1ccc(F)cc1. The lowest BCUT2D eigenvalue weighted by Gasteiger charge is -2.21. The molecular weight excluding hydrogens is 237 g/mol. The molecule has 0 bridgehead atoms. The summed E-state index contributed by atoms with van der Waals surface area (Å²) in [6.45, 7) is 3.50. The topological polar surface area (TPSA) is 58.6 Å². The number of aliphatic hydroxyl groups is 1. The van der Waals surface area contributed by atoms with E-state index in [0.717, 1.165) is 0 Å². The van der Waals surface area contributed by atoms with Crippen molar-refractivity contribution in [3.8, 4) is 5.75 Å². The first-order chi connectivity index (χ1) is 8.43. The fourth-order valence-electron chi connectivity index (χ4n) is 1.14. The molecular formula is C13H18FNO3. The summed E-state index contributed by atoms with van der Waals surface area (Å²) in [6.07, 6.45) is 0.548. The average Bonchev–Trinajstić information content (AvgIpc) is 2.36. The van der Waals surface area contributed by atoms with Crippen LogP contribution < -0.4 is 10.1 Å². The minimum absolute atomic E-state index is 0.161. The number of ether oxygens (including phenoxy) is 1. The molecule has 1 aromatic rings. The van der Waals surface area contributed by atoms with Crippen LogP contribution in [0.4, 0.5) is 4.39 Å². The van der Waals surface area contributed by atoms with Crippen LogP contribution in [0.2, 0.25) is 0 Å². The minimum Gasteiger partial charge on any atom is -0.484 e. The van der Waals surface area contributed by atoms with Gasteiger partial charge in [0.2, 0.25) is 0 Å². The summed E-state index contributed by atoms with van der Waals surface area (Å²) in [4.78, 5) is 11.4. The molecule has 0 aliphatic rings. The molecule has 1 atom stereocenters. The maximum Gasteiger partial charge on any atom is 0.258 e. The van der Waals surface area contributed by atoms with E-state index in [-0.39, 0.29) is 24.9 Å². The predicted octanol–water partition coefficient (Wildman–Crippen LogP) is 1.48. The van der Waals surface area contributed by atoms with E-state index in [1.54, 1.807) is 6.92 Å². The molecule has 0 aromatic heterocycles. The number of nitrogens with one attached hydrogen (secondary N) is 1. The van der Waals surface area contributed by atoms with Crippen molar-refractivity contribution < 1.29 is 19.0 Å². The largest absolute Gasteiger partial charge is 0.484 e. The average molecular weight is 255 g/mol. The molecule has 100 valence electrons. The fourth-order valence-corrected chi connectivity index (χ4v) is 1.14. The van der Waals surface area contributed by atoms with Gasteiger partial charge in [0.05, 0.1) is 5.60 Å². The van der Waals surface area contributed by atoms with Gasteiger partial charge in [-0.25, -0.2) is 4.39 Å². The number of hydrogen-bond acceptors (Lipinski definition) is 3. The number of halogens is 1. The van der Waals surface area contributed by atoms with Crippen molar-refractivity contribution in [1.82, 2.24) is 5.32 Å². The second-order valence-electron chi connectivity index (χ2n) is 4.37. The van der Waals surface area contributed by atoms with Crippen LogP contribution in [0.5, 0.6) is 5.75 Å². The molecule has 0 spiro atoms. The lowest BCUT2D eigenvalue weighted by Crippen LogP contribution is -2.41. The minimum atomic E-state index is -0.911. The molecule has 1 aromatic carbocycles. The summed E-state index contributed by atoms with van der Waals surface area (Å²) in [7, 11) is 0. The van der Waals surface area contributed by atoms with Gasteiger partial charge in [0.1, 0.15) is 11.6 Å². The highest BCUT2D eigenvalue weighted by Gasteiger charge is 2.18. The van der Waals surface area contributed by atoms with Crippen molar-refractivity contribution in [2.75, 3.05) is 13.2 Å². The van der Waals surface area contributed by atoms with E-state index in [2.05, 4.69) is 5.32 Å². The molecule has 5 heteroatoms. The Hall–Kier alpha value is -1.62. The standard InChI is InChI=1S/C13H18FNO3/c1-3-13(2,17)9-15-12(16)8-18-11-6-4-10(14)5-7-11/h4-7,17H,3,8-9H2,1-2H3,(H,15,16). The van der Waals surface area contributed by atoms with Crippen LogP contribution >= 0.6 is 0 Å². The number of carbonyl (C=O) groups is 1. The van der Waals surface area contributed by atoms with E-state index in [1.807, 2.05) is 6.92 Å². The number of hydrogen-bond donors (Lipinski definition) is 2. The molecule has 0 aliphatic carbocycles. The first-order valence-electron chi connectivity index (χ1n) is 5.80. The van der Waals surface area contributed by atoms with E-state index in [9.17, 15) is 14.3 Å². The van der Waals surface area contributed by atoms with Gasteiger partial charge in [0.15, 0.2) is 6.61 Å². The van der Waals surface area contributed by atoms with E-state index in [1.165, 1.54) is 24.3 Å². The van der Waals surface area contributed by atoms with E-state index >= 15 is 0 Å². The molecule has 0 saturated carbocycles.